The van der Waals surface area contributed by atoms with Gasteiger partial charge in [-0.05, 0) is 11.8 Å². The molecule has 21 heavy (non-hydrogen) atoms. The van der Waals surface area contributed by atoms with E-state index in [2.05, 4.69) is 31.1 Å². The Hall–Kier alpha value is -1.47. The van der Waals surface area contributed by atoms with Crippen LogP contribution in [0.15, 0.2) is 5.38 Å². The van der Waals surface area contributed by atoms with E-state index in [0.717, 1.165) is 6.42 Å². The predicted molar refractivity (Wildman–Crippen MR) is 82.4 cm³/mol. The molecule has 0 saturated heterocycles. The number of carboxylic acid groups (broad SMARTS) is 1. The molecule has 0 aliphatic rings. The first-order valence-electron chi connectivity index (χ1n) is 6.88. The number of thiazole rings is 1. The third-order valence-electron chi connectivity index (χ3n) is 2.92. The summed E-state index contributed by atoms with van der Waals surface area (Å²) in [6.45, 7) is 6.99. The molecule has 1 atom stereocenters. The van der Waals surface area contributed by atoms with E-state index >= 15 is 0 Å². The largest absolute Gasteiger partial charge is 0.476 e. The van der Waals surface area contributed by atoms with E-state index in [1.165, 1.54) is 16.7 Å². The minimum absolute atomic E-state index is 0.0487. The minimum Gasteiger partial charge on any atom is -0.476 e. The summed E-state index contributed by atoms with van der Waals surface area (Å²) >= 11 is 1.29. The summed E-state index contributed by atoms with van der Waals surface area (Å²) in [7, 11) is 0. The van der Waals surface area contributed by atoms with Crippen LogP contribution in [0.5, 0.6) is 0 Å². The number of carboxylic acids is 1. The molecule has 0 aliphatic heterocycles. The molecule has 4 N–H and O–H groups in total. The van der Waals surface area contributed by atoms with Crippen LogP contribution in [0, 0.1) is 11.3 Å². The van der Waals surface area contributed by atoms with Gasteiger partial charge in [-0.25, -0.2) is 9.78 Å². The molecule has 0 saturated carbocycles. The molecule has 1 heterocycles. The van der Waals surface area contributed by atoms with E-state index in [1.54, 1.807) is 0 Å². The number of carbonyl (C=O) groups excluding carboxylic acids is 1. The second kappa shape index (κ2) is 7.51. The Labute approximate surface area is 128 Å². The van der Waals surface area contributed by atoms with E-state index in [9.17, 15) is 9.59 Å². The fourth-order valence-electron chi connectivity index (χ4n) is 1.98. The molecule has 1 aromatic heterocycles. The number of rotatable bonds is 7. The summed E-state index contributed by atoms with van der Waals surface area (Å²) in [6, 6.07) is 0. The van der Waals surface area contributed by atoms with Gasteiger partial charge in [-0.1, -0.05) is 20.8 Å². The highest BCUT2D eigenvalue weighted by Gasteiger charge is 2.23. The van der Waals surface area contributed by atoms with E-state index in [-0.39, 0.29) is 22.9 Å². The lowest BCUT2D eigenvalue weighted by Crippen LogP contribution is -2.38. The van der Waals surface area contributed by atoms with Gasteiger partial charge in [-0.2, -0.15) is 0 Å². The molecule has 0 aliphatic carbocycles. The van der Waals surface area contributed by atoms with Gasteiger partial charge in [-0.3, -0.25) is 4.79 Å². The minimum atomic E-state index is -1.03. The Balaban J connectivity index is 2.42. The number of aromatic nitrogens is 1. The van der Waals surface area contributed by atoms with E-state index < -0.39 is 5.97 Å². The van der Waals surface area contributed by atoms with E-state index in [0.29, 0.717) is 24.5 Å². The van der Waals surface area contributed by atoms with Gasteiger partial charge in [0.05, 0.1) is 10.9 Å². The van der Waals surface area contributed by atoms with Gasteiger partial charge >= 0.3 is 5.97 Å². The van der Waals surface area contributed by atoms with Gasteiger partial charge in [-0.15, -0.1) is 11.3 Å². The van der Waals surface area contributed by atoms with Crippen molar-refractivity contribution in [2.75, 3.05) is 13.1 Å². The summed E-state index contributed by atoms with van der Waals surface area (Å²) in [5.41, 5.74) is 5.76. The lowest BCUT2D eigenvalue weighted by Gasteiger charge is -2.24. The molecule has 1 amide bonds. The predicted octanol–water partition coefficient (Wildman–Crippen LogP) is 1.51. The lowest BCUT2D eigenvalue weighted by molar-refractivity contribution is -0.125. The summed E-state index contributed by atoms with van der Waals surface area (Å²) in [5.74, 6) is -1.28. The molecule has 1 aromatic rings. The van der Waals surface area contributed by atoms with E-state index in [4.69, 9.17) is 10.8 Å². The van der Waals surface area contributed by atoms with Crippen molar-refractivity contribution in [3.8, 4) is 0 Å². The van der Waals surface area contributed by atoms with Crippen molar-refractivity contribution >= 4 is 23.2 Å². The van der Waals surface area contributed by atoms with E-state index in [1.807, 2.05) is 0 Å². The molecular formula is C14H23N3O3S. The molecule has 6 nitrogen and oxygen atoms in total. The lowest BCUT2D eigenvalue weighted by atomic mass is 9.84. The molecule has 0 radical (unpaired) electrons. The zero-order valence-corrected chi connectivity index (χ0v) is 13.5. The Morgan fingerprint density at radius 1 is 1.48 bits per heavy atom. The average molecular weight is 313 g/mol. The highest BCUT2D eigenvalue weighted by molar-refractivity contribution is 7.09. The van der Waals surface area contributed by atoms with Gasteiger partial charge in [0.2, 0.25) is 5.91 Å². The topological polar surface area (TPSA) is 105 Å². The van der Waals surface area contributed by atoms with Crippen LogP contribution in [0.2, 0.25) is 0 Å². The molecule has 118 valence electrons. The zero-order valence-electron chi connectivity index (χ0n) is 12.7. The fourth-order valence-corrected chi connectivity index (χ4v) is 2.76. The second-order valence-corrected chi connectivity index (χ2v) is 7.11. The Morgan fingerprint density at radius 3 is 2.62 bits per heavy atom. The van der Waals surface area contributed by atoms with Crippen molar-refractivity contribution in [3.05, 3.63) is 16.1 Å². The zero-order chi connectivity index (χ0) is 16.0. The first kappa shape index (κ1) is 17.6. The third kappa shape index (κ3) is 6.22. The Morgan fingerprint density at radius 2 is 2.14 bits per heavy atom. The van der Waals surface area contributed by atoms with Crippen LogP contribution in [0.1, 0.15) is 42.7 Å². The maximum atomic E-state index is 12.1. The van der Waals surface area contributed by atoms with Crippen LogP contribution < -0.4 is 11.1 Å². The summed E-state index contributed by atoms with van der Waals surface area (Å²) in [4.78, 5) is 26.7. The molecule has 0 fully saturated rings. The van der Waals surface area contributed by atoms with Crippen LogP contribution in [0.25, 0.3) is 0 Å². The van der Waals surface area contributed by atoms with Crippen LogP contribution in [0.4, 0.5) is 0 Å². The number of nitrogens with two attached hydrogens (primary N) is 1. The number of nitrogens with one attached hydrogen (secondary N) is 1. The first-order chi connectivity index (χ1) is 9.73. The van der Waals surface area contributed by atoms with Crippen molar-refractivity contribution in [3.63, 3.8) is 0 Å². The van der Waals surface area contributed by atoms with Crippen LogP contribution in [-0.4, -0.2) is 35.1 Å². The molecule has 0 bridgehead atoms. The number of hydrogen-bond acceptors (Lipinski definition) is 5. The van der Waals surface area contributed by atoms with Gasteiger partial charge in [0.1, 0.15) is 0 Å². The van der Waals surface area contributed by atoms with Crippen molar-refractivity contribution in [2.24, 2.45) is 17.1 Å². The number of carbonyl (C=O) groups is 2. The van der Waals surface area contributed by atoms with Crippen molar-refractivity contribution in [1.82, 2.24) is 10.3 Å². The fraction of sp³-hybridized carbons (Fsp3) is 0.643. The highest BCUT2D eigenvalue weighted by atomic mass is 32.1. The van der Waals surface area contributed by atoms with Crippen LogP contribution in [0.3, 0.4) is 0 Å². The molecule has 7 heteroatoms. The SMILES string of the molecule is CC(C)(C)CC(CN)C(=O)NCCc1nc(C(=O)O)cs1. The molecule has 0 spiro atoms. The smallest absolute Gasteiger partial charge is 0.355 e. The first-order valence-corrected chi connectivity index (χ1v) is 7.76. The maximum Gasteiger partial charge on any atom is 0.355 e. The third-order valence-corrected chi connectivity index (χ3v) is 3.83. The maximum absolute atomic E-state index is 12.1. The van der Waals surface area contributed by atoms with Crippen molar-refractivity contribution in [1.29, 1.82) is 0 Å². The summed E-state index contributed by atoms with van der Waals surface area (Å²) in [5, 5.41) is 13.8. The van der Waals surface area contributed by atoms with Crippen LogP contribution >= 0.6 is 11.3 Å². The standard InChI is InChI=1S/C14H23N3O3S/c1-14(2,3)6-9(7-15)12(18)16-5-4-11-17-10(8-21-11)13(19)20/h8-9H,4-7,15H2,1-3H3,(H,16,18)(H,19,20). The van der Waals surface area contributed by atoms with Crippen molar-refractivity contribution < 1.29 is 14.7 Å². The summed E-state index contributed by atoms with van der Waals surface area (Å²) in [6.07, 6.45) is 1.26. The Bertz CT molecular complexity index is 494. The molecular weight excluding hydrogens is 290 g/mol. The van der Waals surface area contributed by atoms with Gasteiger partial charge in [0.25, 0.3) is 0 Å². The number of aromatic carboxylic acids is 1. The number of hydrogen-bond donors (Lipinski definition) is 3. The van der Waals surface area contributed by atoms with Crippen molar-refractivity contribution in [2.45, 2.75) is 33.6 Å². The van der Waals surface area contributed by atoms with Gasteiger partial charge in [0, 0.05) is 24.9 Å². The second-order valence-electron chi connectivity index (χ2n) is 6.17. The quantitative estimate of drug-likeness (QED) is 0.707. The van der Waals surface area contributed by atoms with Gasteiger partial charge < -0.3 is 16.2 Å². The highest BCUT2D eigenvalue weighted by Crippen LogP contribution is 2.24. The number of amides is 1. The average Bonchev–Trinajstić information content (AvgIpc) is 2.83. The summed E-state index contributed by atoms with van der Waals surface area (Å²) < 4.78 is 0. The van der Waals surface area contributed by atoms with Crippen LogP contribution in [-0.2, 0) is 11.2 Å². The Kier molecular flexibility index (Phi) is 6.29. The molecule has 0 aromatic carbocycles. The molecule has 1 unspecified atom stereocenters. The number of nitrogens with zero attached hydrogens (tertiary/aromatic N) is 1. The monoisotopic (exact) mass is 313 g/mol. The molecule has 1 rings (SSSR count). The van der Waals surface area contributed by atoms with Gasteiger partial charge in [0.15, 0.2) is 5.69 Å². The normalized spacial score (nSPS) is 13.0.